The molecule has 0 nitrogen and oxygen atoms in total. The topological polar surface area (TPSA) is 0 Å². The van der Waals surface area contributed by atoms with E-state index >= 15 is 0 Å². The molecule has 0 fully saturated rings. The van der Waals surface area contributed by atoms with E-state index in [-0.39, 0.29) is 0 Å². The lowest BCUT2D eigenvalue weighted by Crippen LogP contribution is -1.91. The van der Waals surface area contributed by atoms with E-state index in [1.165, 1.54) is 97.0 Å². The summed E-state index contributed by atoms with van der Waals surface area (Å²) in [5.41, 5.74) is 9.97. The molecule has 0 N–H and O–H groups in total. The summed E-state index contributed by atoms with van der Waals surface area (Å²) in [6.07, 6.45) is 0. The van der Waals surface area contributed by atoms with Gasteiger partial charge in [0, 0.05) is 20.2 Å². The van der Waals surface area contributed by atoms with E-state index in [4.69, 9.17) is 0 Å². The van der Waals surface area contributed by atoms with Gasteiger partial charge in [0.2, 0.25) is 0 Å². The largest absolute Gasteiger partial charge is 0.135 e. The van der Waals surface area contributed by atoms with Gasteiger partial charge in [0.1, 0.15) is 0 Å². The fourth-order valence-electron chi connectivity index (χ4n) is 7.75. The summed E-state index contributed by atoms with van der Waals surface area (Å²) in [4.78, 5) is 0. The van der Waals surface area contributed by atoms with Crippen molar-refractivity contribution in [2.45, 2.75) is 0 Å². The van der Waals surface area contributed by atoms with E-state index in [9.17, 15) is 0 Å². The van der Waals surface area contributed by atoms with Crippen LogP contribution in [0.5, 0.6) is 0 Å². The average Bonchev–Trinajstić information content (AvgIpc) is 3.56. The monoisotopic (exact) mass is 638 g/mol. The van der Waals surface area contributed by atoms with Gasteiger partial charge >= 0.3 is 0 Å². The number of fused-ring (bicyclic) bond motifs is 7. The summed E-state index contributed by atoms with van der Waals surface area (Å²) >= 11 is 1.90. The summed E-state index contributed by atoms with van der Waals surface area (Å²) in [5, 5.41) is 10.4. The van der Waals surface area contributed by atoms with Crippen molar-refractivity contribution in [3.8, 4) is 44.5 Å². The Morgan fingerprint density at radius 2 is 0.776 bits per heavy atom. The maximum absolute atomic E-state index is 2.39. The maximum Gasteiger partial charge on any atom is 0.0433 e. The summed E-state index contributed by atoms with van der Waals surface area (Å²) in [5.74, 6) is 0. The Labute approximate surface area is 289 Å². The van der Waals surface area contributed by atoms with Crippen LogP contribution < -0.4 is 0 Å². The van der Waals surface area contributed by atoms with Crippen molar-refractivity contribution in [2.75, 3.05) is 0 Å². The highest BCUT2D eigenvalue weighted by atomic mass is 32.1. The van der Waals surface area contributed by atoms with Crippen LogP contribution in [0.3, 0.4) is 0 Å². The van der Waals surface area contributed by atoms with Crippen LogP contribution in [0.15, 0.2) is 182 Å². The minimum Gasteiger partial charge on any atom is -0.135 e. The molecule has 10 rings (SSSR count). The molecule has 1 aromatic heterocycles. The molecular formula is C48H30S. The first kappa shape index (κ1) is 28.0. The minimum absolute atomic E-state index is 1.23. The van der Waals surface area contributed by atoms with Gasteiger partial charge in [0.05, 0.1) is 0 Å². The van der Waals surface area contributed by atoms with Gasteiger partial charge in [0.15, 0.2) is 0 Å². The molecule has 0 aliphatic rings. The SMILES string of the molecule is c1ccc(-c2ccc(-c3c4ccccc4c(-c4cccc(-c5ccc6sc7c8ccccc8ccc7c6c5)c4)c4ccccc34)cc2)cc1. The van der Waals surface area contributed by atoms with Crippen LogP contribution in [0.25, 0.3) is 97.0 Å². The summed E-state index contributed by atoms with van der Waals surface area (Å²) in [6.45, 7) is 0. The van der Waals surface area contributed by atoms with E-state index in [1.54, 1.807) is 0 Å². The van der Waals surface area contributed by atoms with Crippen LogP contribution in [-0.2, 0) is 0 Å². The van der Waals surface area contributed by atoms with Crippen LogP contribution in [-0.4, -0.2) is 0 Å². The average molecular weight is 639 g/mol. The molecule has 1 heteroatoms. The van der Waals surface area contributed by atoms with Crippen LogP contribution in [0, 0.1) is 0 Å². The quantitative estimate of drug-likeness (QED) is 0.168. The normalized spacial score (nSPS) is 11.7. The molecule has 9 aromatic carbocycles. The van der Waals surface area contributed by atoms with Crippen LogP contribution in [0.2, 0.25) is 0 Å². The predicted molar refractivity (Wildman–Crippen MR) is 214 cm³/mol. The van der Waals surface area contributed by atoms with Crippen LogP contribution in [0.1, 0.15) is 0 Å². The lowest BCUT2D eigenvalue weighted by atomic mass is 9.85. The molecule has 0 unspecified atom stereocenters. The Hall–Kier alpha value is -6.02. The maximum atomic E-state index is 2.39. The second-order valence-electron chi connectivity index (χ2n) is 12.8. The zero-order valence-electron chi connectivity index (χ0n) is 26.7. The molecule has 0 saturated carbocycles. The molecule has 49 heavy (non-hydrogen) atoms. The summed E-state index contributed by atoms with van der Waals surface area (Å²) < 4.78 is 2.70. The molecule has 0 aliphatic heterocycles. The van der Waals surface area contributed by atoms with E-state index in [2.05, 4.69) is 182 Å². The molecule has 1 heterocycles. The van der Waals surface area contributed by atoms with E-state index in [0.717, 1.165) is 0 Å². The van der Waals surface area contributed by atoms with Crippen molar-refractivity contribution in [1.29, 1.82) is 0 Å². The summed E-state index contributed by atoms with van der Waals surface area (Å²) in [7, 11) is 0. The first-order chi connectivity index (χ1) is 24.3. The number of hydrogen-bond donors (Lipinski definition) is 0. The van der Waals surface area contributed by atoms with Gasteiger partial charge in [-0.2, -0.15) is 0 Å². The Bertz CT molecular complexity index is 2800. The van der Waals surface area contributed by atoms with Crippen LogP contribution >= 0.6 is 11.3 Å². The molecule has 0 bridgehead atoms. The van der Waals surface area contributed by atoms with Crippen molar-refractivity contribution in [3.05, 3.63) is 182 Å². The minimum atomic E-state index is 1.23. The Kier molecular flexibility index (Phi) is 6.47. The highest BCUT2D eigenvalue weighted by Crippen LogP contribution is 2.45. The highest BCUT2D eigenvalue weighted by molar-refractivity contribution is 7.26. The smallest absolute Gasteiger partial charge is 0.0433 e. The third-order valence-corrected chi connectivity index (χ3v) is 11.3. The highest BCUT2D eigenvalue weighted by Gasteiger charge is 2.17. The molecule has 0 atom stereocenters. The molecule has 0 aliphatic carbocycles. The second kappa shape index (κ2) is 11.3. The van der Waals surface area contributed by atoms with E-state index in [1.807, 2.05) is 11.3 Å². The van der Waals surface area contributed by atoms with Gasteiger partial charge in [-0.15, -0.1) is 11.3 Å². The standard InChI is InChI=1S/C48H30S/c1-2-11-31(12-3-1)32-21-23-34(24-22-32)46-39-17-6-8-19-41(39)47(42-20-9-7-18-40(42)46)37-15-10-14-35(29-37)36-26-28-45-44(30-36)43-27-25-33-13-4-5-16-38(33)48(43)49-45/h1-30H. The number of benzene rings is 9. The van der Waals surface area contributed by atoms with E-state index in [0.29, 0.717) is 0 Å². The van der Waals surface area contributed by atoms with Crippen molar-refractivity contribution < 1.29 is 0 Å². The predicted octanol–water partition coefficient (Wildman–Crippen LogP) is 14.2. The Balaban J connectivity index is 1.14. The molecule has 0 amide bonds. The Morgan fingerprint density at radius 3 is 1.49 bits per heavy atom. The fourth-order valence-corrected chi connectivity index (χ4v) is 8.97. The molecular weight excluding hydrogens is 609 g/mol. The molecule has 10 aromatic rings. The van der Waals surface area contributed by atoms with Crippen molar-refractivity contribution in [3.63, 3.8) is 0 Å². The fraction of sp³-hybridized carbons (Fsp3) is 0. The van der Waals surface area contributed by atoms with Gasteiger partial charge in [-0.05, 0) is 95.0 Å². The summed E-state index contributed by atoms with van der Waals surface area (Å²) in [6, 6.07) is 66.9. The zero-order chi connectivity index (χ0) is 32.3. The third-order valence-electron chi connectivity index (χ3n) is 10.1. The molecule has 0 radical (unpaired) electrons. The van der Waals surface area contributed by atoms with Crippen LogP contribution in [0.4, 0.5) is 0 Å². The van der Waals surface area contributed by atoms with Gasteiger partial charge in [-0.1, -0.05) is 164 Å². The van der Waals surface area contributed by atoms with Gasteiger partial charge in [-0.25, -0.2) is 0 Å². The zero-order valence-corrected chi connectivity index (χ0v) is 27.5. The Morgan fingerprint density at radius 1 is 0.265 bits per heavy atom. The first-order valence-corrected chi connectivity index (χ1v) is 17.7. The van der Waals surface area contributed by atoms with Crippen molar-refractivity contribution in [1.82, 2.24) is 0 Å². The molecule has 0 saturated heterocycles. The lowest BCUT2D eigenvalue weighted by Gasteiger charge is -2.18. The van der Waals surface area contributed by atoms with E-state index < -0.39 is 0 Å². The second-order valence-corrected chi connectivity index (χ2v) is 13.9. The number of hydrogen-bond acceptors (Lipinski definition) is 1. The number of rotatable bonds is 4. The van der Waals surface area contributed by atoms with Crippen molar-refractivity contribution >= 4 is 63.8 Å². The number of thiophene rings is 1. The van der Waals surface area contributed by atoms with Gasteiger partial charge in [0.25, 0.3) is 0 Å². The van der Waals surface area contributed by atoms with Gasteiger partial charge in [-0.3, -0.25) is 0 Å². The third kappa shape index (κ3) is 4.58. The first-order valence-electron chi connectivity index (χ1n) is 16.8. The van der Waals surface area contributed by atoms with Gasteiger partial charge < -0.3 is 0 Å². The lowest BCUT2D eigenvalue weighted by molar-refractivity contribution is 1.61. The molecule has 228 valence electrons. The van der Waals surface area contributed by atoms with Crippen molar-refractivity contribution in [2.24, 2.45) is 0 Å². The molecule has 0 spiro atoms.